The van der Waals surface area contributed by atoms with Crippen LogP contribution in [0.4, 0.5) is 0 Å². The zero-order valence-corrected chi connectivity index (χ0v) is 21.6. The SMILES string of the molecule is Cc1cc(C#N)ccc1C1CCN(S(=O)(=O)CC2(C(=O)NO)CCN(CO[C@H]3CCOC3)CC2)CC1. The van der Waals surface area contributed by atoms with Gasteiger partial charge in [0.25, 0.3) is 5.91 Å². The van der Waals surface area contributed by atoms with Gasteiger partial charge in [0.05, 0.1) is 42.2 Å². The van der Waals surface area contributed by atoms with Crippen molar-refractivity contribution in [3.8, 4) is 6.07 Å². The lowest BCUT2D eigenvalue weighted by atomic mass is 9.79. The summed E-state index contributed by atoms with van der Waals surface area (Å²) in [6.07, 6.45) is 2.95. The lowest BCUT2D eigenvalue weighted by Gasteiger charge is -2.41. The van der Waals surface area contributed by atoms with Crippen molar-refractivity contribution in [2.75, 3.05) is 51.9 Å². The summed E-state index contributed by atoms with van der Waals surface area (Å²) in [5.74, 6) is -0.732. The predicted octanol–water partition coefficient (Wildman–Crippen LogP) is 1.73. The fourth-order valence-corrected chi connectivity index (χ4v) is 7.68. The van der Waals surface area contributed by atoms with Crippen LogP contribution in [0.1, 0.15) is 54.7 Å². The number of amides is 1. The maximum atomic E-state index is 13.4. The van der Waals surface area contributed by atoms with E-state index >= 15 is 0 Å². The highest BCUT2D eigenvalue weighted by atomic mass is 32.2. The average molecular weight is 521 g/mol. The number of rotatable bonds is 8. The zero-order valence-electron chi connectivity index (χ0n) is 20.8. The normalized spacial score (nSPS) is 23.9. The lowest BCUT2D eigenvalue weighted by molar-refractivity contribution is -0.142. The molecule has 0 bridgehead atoms. The number of ether oxygens (including phenoxy) is 2. The fraction of sp³-hybridized carbons (Fsp3) is 0.680. The Kier molecular flexibility index (Phi) is 8.65. The summed E-state index contributed by atoms with van der Waals surface area (Å²) in [6.45, 7) is 5.47. The molecule has 4 rings (SSSR count). The summed E-state index contributed by atoms with van der Waals surface area (Å²) in [7, 11) is -3.71. The molecule has 1 amide bonds. The summed E-state index contributed by atoms with van der Waals surface area (Å²) >= 11 is 0. The third kappa shape index (κ3) is 6.07. The summed E-state index contributed by atoms with van der Waals surface area (Å²) in [5.41, 5.74) is 3.37. The highest BCUT2D eigenvalue weighted by Gasteiger charge is 2.46. The molecule has 1 aromatic rings. The van der Waals surface area contributed by atoms with Gasteiger partial charge < -0.3 is 9.47 Å². The number of sulfonamides is 1. The van der Waals surface area contributed by atoms with E-state index < -0.39 is 21.3 Å². The zero-order chi connectivity index (χ0) is 25.8. The van der Waals surface area contributed by atoms with Crippen LogP contribution in [-0.2, 0) is 24.3 Å². The molecule has 2 N–H and O–H groups in total. The number of hydrogen-bond donors (Lipinski definition) is 2. The molecule has 3 heterocycles. The first-order valence-electron chi connectivity index (χ1n) is 12.6. The van der Waals surface area contributed by atoms with Crippen LogP contribution < -0.4 is 5.48 Å². The number of benzene rings is 1. The Labute approximate surface area is 213 Å². The van der Waals surface area contributed by atoms with Crippen molar-refractivity contribution in [1.29, 1.82) is 5.26 Å². The van der Waals surface area contributed by atoms with Crippen molar-refractivity contribution >= 4 is 15.9 Å². The molecule has 3 saturated heterocycles. The Morgan fingerprint density at radius 3 is 2.56 bits per heavy atom. The first kappa shape index (κ1) is 27.0. The van der Waals surface area contributed by atoms with E-state index in [2.05, 4.69) is 11.0 Å². The van der Waals surface area contributed by atoms with Gasteiger partial charge in [0.2, 0.25) is 10.0 Å². The molecule has 11 heteroatoms. The Morgan fingerprint density at radius 2 is 1.97 bits per heavy atom. The van der Waals surface area contributed by atoms with Crippen molar-refractivity contribution < 1.29 is 27.9 Å². The van der Waals surface area contributed by atoms with E-state index in [0.717, 1.165) is 17.5 Å². The van der Waals surface area contributed by atoms with Crippen LogP contribution in [0.15, 0.2) is 18.2 Å². The van der Waals surface area contributed by atoms with Gasteiger partial charge in [0.1, 0.15) is 0 Å². The quantitative estimate of drug-likeness (QED) is 0.391. The number of nitrogens with zero attached hydrogens (tertiary/aromatic N) is 3. The van der Waals surface area contributed by atoms with E-state index in [4.69, 9.17) is 14.7 Å². The maximum Gasteiger partial charge on any atom is 0.250 e. The van der Waals surface area contributed by atoms with Crippen molar-refractivity contribution in [3.05, 3.63) is 34.9 Å². The van der Waals surface area contributed by atoms with Gasteiger partial charge in [0.15, 0.2) is 0 Å². The second-order valence-corrected chi connectivity index (χ2v) is 12.2. The Balaban J connectivity index is 1.36. The molecule has 1 atom stereocenters. The number of hydroxylamine groups is 1. The number of carbonyl (C=O) groups is 1. The van der Waals surface area contributed by atoms with Crippen molar-refractivity contribution in [2.24, 2.45) is 5.41 Å². The Hall–Kier alpha value is -2.07. The van der Waals surface area contributed by atoms with Crippen molar-refractivity contribution in [2.45, 2.75) is 51.0 Å². The standard InChI is InChI=1S/C25H36N4O6S/c1-19-14-20(15-26)2-3-23(19)21-4-9-29(10-5-21)36(32,33)17-25(24(30)27-31)7-11-28(12-8-25)18-35-22-6-13-34-16-22/h2-3,14,21-22,31H,4-13,16-18H2,1H3,(H,27,30)/t22-/m0/s1. The maximum absolute atomic E-state index is 13.4. The molecule has 36 heavy (non-hydrogen) atoms. The van der Waals surface area contributed by atoms with Crippen LogP contribution in [-0.4, -0.2) is 86.7 Å². The van der Waals surface area contributed by atoms with E-state index in [1.807, 2.05) is 25.1 Å². The summed E-state index contributed by atoms with van der Waals surface area (Å²) in [4.78, 5) is 14.8. The molecule has 3 fully saturated rings. The molecule has 0 aromatic heterocycles. The molecular weight excluding hydrogens is 484 g/mol. The van der Waals surface area contributed by atoms with Crippen LogP contribution in [0.3, 0.4) is 0 Å². The first-order chi connectivity index (χ1) is 17.3. The van der Waals surface area contributed by atoms with Gasteiger partial charge in [-0.3, -0.25) is 14.9 Å². The van der Waals surface area contributed by atoms with Crippen LogP contribution in [0.25, 0.3) is 0 Å². The smallest absolute Gasteiger partial charge is 0.250 e. The number of carbonyl (C=O) groups excluding carboxylic acids is 1. The average Bonchev–Trinajstić information content (AvgIpc) is 3.41. The van der Waals surface area contributed by atoms with E-state index in [1.165, 1.54) is 4.31 Å². The summed E-state index contributed by atoms with van der Waals surface area (Å²) < 4.78 is 39.5. The molecule has 0 spiro atoms. The predicted molar refractivity (Wildman–Crippen MR) is 132 cm³/mol. The van der Waals surface area contributed by atoms with Crippen LogP contribution in [0.5, 0.6) is 0 Å². The summed E-state index contributed by atoms with van der Waals surface area (Å²) in [6, 6.07) is 7.80. The van der Waals surface area contributed by atoms with E-state index in [-0.39, 0.29) is 17.8 Å². The molecule has 3 aliphatic heterocycles. The molecule has 0 saturated carbocycles. The third-order valence-corrected chi connectivity index (χ3v) is 9.99. The molecular formula is C25H36N4O6S. The van der Waals surface area contributed by atoms with Crippen LogP contribution >= 0.6 is 0 Å². The largest absolute Gasteiger partial charge is 0.379 e. The van der Waals surface area contributed by atoms with Gasteiger partial charge in [-0.15, -0.1) is 0 Å². The van der Waals surface area contributed by atoms with Gasteiger partial charge in [0, 0.05) is 32.8 Å². The highest BCUT2D eigenvalue weighted by molar-refractivity contribution is 7.89. The molecule has 0 aliphatic carbocycles. The van der Waals surface area contributed by atoms with Gasteiger partial charge in [-0.2, -0.15) is 5.26 Å². The van der Waals surface area contributed by atoms with Gasteiger partial charge >= 0.3 is 0 Å². The minimum atomic E-state index is -3.71. The topological polar surface area (TPSA) is 132 Å². The van der Waals surface area contributed by atoms with E-state index in [1.54, 1.807) is 5.48 Å². The minimum Gasteiger partial charge on any atom is -0.379 e. The Morgan fingerprint density at radius 1 is 1.25 bits per heavy atom. The number of nitriles is 1. The fourth-order valence-electron chi connectivity index (χ4n) is 5.61. The van der Waals surface area contributed by atoms with Crippen LogP contribution in [0.2, 0.25) is 0 Å². The third-order valence-electron chi connectivity index (χ3n) is 7.92. The number of nitrogens with one attached hydrogen (secondary N) is 1. The monoisotopic (exact) mass is 520 g/mol. The van der Waals surface area contributed by atoms with Crippen LogP contribution in [0, 0.1) is 23.7 Å². The molecule has 198 valence electrons. The molecule has 3 aliphatic rings. The molecule has 0 radical (unpaired) electrons. The van der Waals surface area contributed by atoms with E-state index in [0.29, 0.717) is 77.4 Å². The summed E-state index contributed by atoms with van der Waals surface area (Å²) in [5, 5.41) is 18.5. The molecule has 0 unspecified atom stereocenters. The van der Waals surface area contributed by atoms with Crippen molar-refractivity contribution in [3.63, 3.8) is 0 Å². The number of aryl methyl sites for hydroxylation is 1. The van der Waals surface area contributed by atoms with Gasteiger partial charge in [-0.05, 0) is 68.2 Å². The molecule has 10 nitrogen and oxygen atoms in total. The number of hydrogen-bond acceptors (Lipinski definition) is 8. The lowest BCUT2D eigenvalue weighted by Crippen LogP contribution is -2.54. The van der Waals surface area contributed by atoms with Crippen molar-refractivity contribution in [1.82, 2.24) is 14.7 Å². The number of likely N-dealkylation sites (tertiary alicyclic amines) is 1. The second kappa shape index (κ2) is 11.5. The first-order valence-corrected chi connectivity index (χ1v) is 14.2. The second-order valence-electron chi connectivity index (χ2n) is 10.2. The van der Waals surface area contributed by atoms with E-state index in [9.17, 15) is 18.4 Å². The Bertz CT molecular complexity index is 1070. The van der Waals surface area contributed by atoms with Gasteiger partial charge in [-0.1, -0.05) is 6.07 Å². The minimum absolute atomic E-state index is 0.0776. The van der Waals surface area contributed by atoms with Gasteiger partial charge in [-0.25, -0.2) is 18.2 Å². The number of piperidine rings is 2. The molecule has 1 aromatic carbocycles. The highest BCUT2D eigenvalue weighted by Crippen LogP contribution is 2.37.